The van der Waals surface area contributed by atoms with E-state index in [4.69, 9.17) is 4.79 Å². The van der Waals surface area contributed by atoms with E-state index in [1.165, 1.54) is 6.08 Å². The van der Waals surface area contributed by atoms with E-state index in [0.717, 1.165) is 0 Å². The first kappa shape index (κ1) is 13.0. The molecule has 0 aliphatic carbocycles. The van der Waals surface area contributed by atoms with Gasteiger partial charge in [-0.2, -0.15) is 0 Å². The van der Waals surface area contributed by atoms with Crippen molar-refractivity contribution in [2.75, 3.05) is 0 Å². The molecule has 2 heteroatoms. The quantitative estimate of drug-likeness (QED) is 0.499. The number of aldehydes is 1. The Morgan fingerprint density at radius 1 is 1.18 bits per heavy atom. The lowest BCUT2D eigenvalue weighted by molar-refractivity contribution is -0.104. The van der Waals surface area contributed by atoms with Crippen molar-refractivity contribution < 1.29 is 4.79 Å². The number of carbonyl (C=O) groups is 1. The second-order valence-corrected chi connectivity index (χ2v) is 2.85. The maximum atomic E-state index is 9.06. The van der Waals surface area contributed by atoms with Gasteiger partial charge in [-0.15, -0.1) is 0 Å². The van der Waals surface area contributed by atoms with Gasteiger partial charge in [0, 0.05) is 12.1 Å². The predicted octanol–water partition coefficient (Wildman–Crippen LogP) is 1.76. The van der Waals surface area contributed by atoms with Crippen molar-refractivity contribution >= 4 is 6.29 Å². The molecule has 0 fully saturated rings. The van der Waals surface area contributed by atoms with Gasteiger partial charge in [0.05, 0.1) is 0 Å². The first-order valence-electron chi connectivity index (χ1n) is 3.86. The third-order valence-electron chi connectivity index (χ3n) is 0.763. The van der Waals surface area contributed by atoms with Gasteiger partial charge < -0.3 is 5.32 Å². The normalized spacial score (nSPS) is 8.91. The fourth-order valence-electron chi connectivity index (χ4n) is 0.667. The second kappa shape index (κ2) is 9.37. The highest BCUT2D eigenvalue weighted by Gasteiger charge is 1.92. The molecule has 0 unspecified atom stereocenters. The highest BCUT2D eigenvalue weighted by atomic mass is 16.1. The van der Waals surface area contributed by atoms with Gasteiger partial charge in [0.25, 0.3) is 0 Å². The summed E-state index contributed by atoms with van der Waals surface area (Å²) in [6.45, 7) is 11.7. The maximum Gasteiger partial charge on any atom is 0.142 e. The summed E-state index contributed by atoms with van der Waals surface area (Å²) in [4.78, 5) is 9.06. The zero-order valence-electron chi connectivity index (χ0n) is 7.92. The summed E-state index contributed by atoms with van der Waals surface area (Å²) >= 11 is 0. The van der Waals surface area contributed by atoms with Crippen LogP contribution in [0.3, 0.4) is 0 Å². The molecule has 0 atom stereocenters. The maximum absolute atomic E-state index is 9.06. The van der Waals surface area contributed by atoms with E-state index in [2.05, 4.69) is 39.6 Å². The highest BCUT2D eigenvalue weighted by molar-refractivity contribution is 5.63. The molecule has 66 valence electrons. The van der Waals surface area contributed by atoms with Gasteiger partial charge in [-0.05, 0) is 6.08 Å². The van der Waals surface area contributed by atoms with Gasteiger partial charge >= 0.3 is 0 Å². The topological polar surface area (TPSA) is 29.1 Å². The Labute approximate surface area is 69.7 Å². The molecule has 0 aliphatic rings. The summed E-state index contributed by atoms with van der Waals surface area (Å²) in [6, 6.07) is 1.25. The first-order valence-corrected chi connectivity index (χ1v) is 3.86. The van der Waals surface area contributed by atoms with Crippen LogP contribution in [0.1, 0.15) is 27.7 Å². The van der Waals surface area contributed by atoms with Gasteiger partial charge in [0.15, 0.2) is 0 Å². The number of carbonyl (C=O) groups excluding carboxylic acids is 1. The third-order valence-corrected chi connectivity index (χ3v) is 0.763. The Bertz CT molecular complexity index is 85.7. The first-order chi connectivity index (χ1) is 5.04. The van der Waals surface area contributed by atoms with Gasteiger partial charge in [-0.1, -0.05) is 34.3 Å². The number of hydrogen-bond donors (Lipinski definition) is 1. The lowest BCUT2D eigenvalue weighted by atomic mass is 10.3. The molecule has 0 aromatic rings. The Morgan fingerprint density at radius 3 is 1.45 bits per heavy atom. The van der Waals surface area contributed by atoms with E-state index >= 15 is 0 Å². The zero-order chi connectivity index (χ0) is 9.28. The van der Waals surface area contributed by atoms with E-state index in [1.807, 2.05) is 0 Å². The lowest BCUT2D eigenvalue weighted by Gasteiger charge is -2.10. The van der Waals surface area contributed by atoms with Gasteiger partial charge in [0.1, 0.15) is 6.29 Å². The Hall–Kier alpha value is -0.630. The fraction of sp³-hybridized carbons (Fsp3) is 0.667. The van der Waals surface area contributed by atoms with E-state index < -0.39 is 0 Å². The van der Waals surface area contributed by atoms with Gasteiger partial charge in [-0.3, -0.25) is 4.79 Å². The minimum Gasteiger partial charge on any atom is -0.312 e. The molecule has 0 saturated carbocycles. The van der Waals surface area contributed by atoms with Crippen LogP contribution in [0.2, 0.25) is 0 Å². The van der Waals surface area contributed by atoms with Crippen LogP contribution in [-0.2, 0) is 4.79 Å². The molecule has 0 saturated heterocycles. The van der Waals surface area contributed by atoms with Crippen LogP contribution < -0.4 is 5.32 Å². The molecule has 0 spiro atoms. The fourth-order valence-corrected chi connectivity index (χ4v) is 0.667. The number of rotatable bonds is 3. The molecule has 0 bridgehead atoms. The number of allylic oxidation sites excluding steroid dienone is 1. The standard InChI is InChI=1S/C6H15N.C3H4O/c1-5(2)7-6(3)4;1-2-3-4/h5-7H,1-4H3;2-3H,1H2. The summed E-state index contributed by atoms with van der Waals surface area (Å²) in [7, 11) is 0. The molecule has 0 aromatic heterocycles. The summed E-state index contributed by atoms with van der Waals surface area (Å²) in [6.07, 6.45) is 1.83. The van der Waals surface area contributed by atoms with Crippen molar-refractivity contribution in [3.63, 3.8) is 0 Å². The van der Waals surface area contributed by atoms with Crippen molar-refractivity contribution in [3.8, 4) is 0 Å². The molecule has 0 heterocycles. The molecular formula is C9H19NO. The molecule has 0 aromatic carbocycles. The molecule has 2 nitrogen and oxygen atoms in total. The average molecular weight is 157 g/mol. The summed E-state index contributed by atoms with van der Waals surface area (Å²) < 4.78 is 0. The molecule has 11 heavy (non-hydrogen) atoms. The molecule has 0 rings (SSSR count). The minimum absolute atomic E-state index is 0.625. The summed E-state index contributed by atoms with van der Waals surface area (Å²) in [5.41, 5.74) is 0. The Morgan fingerprint density at radius 2 is 1.45 bits per heavy atom. The van der Waals surface area contributed by atoms with Crippen LogP contribution in [0.5, 0.6) is 0 Å². The summed E-state index contributed by atoms with van der Waals surface area (Å²) in [5, 5.41) is 3.31. The van der Waals surface area contributed by atoms with Crippen LogP contribution in [-0.4, -0.2) is 18.4 Å². The average Bonchev–Trinajstić information content (AvgIpc) is 1.85. The molecular weight excluding hydrogens is 138 g/mol. The highest BCUT2D eigenvalue weighted by Crippen LogP contribution is 1.80. The second-order valence-electron chi connectivity index (χ2n) is 2.85. The van der Waals surface area contributed by atoms with Crippen molar-refractivity contribution in [1.29, 1.82) is 0 Å². The van der Waals surface area contributed by atoms with E-state index in [-0.39, 0.29) is 0 Å². The van der Waals surface area contributed by atoms with Crippen molar-refractivity contribution in [2.24, 2.45) is 0 Å². The summed E-state index contributed by atoms with van der Waals surface area (Å²) in [5.74, 6) is 0. The molecule has 0 amide bonds. The van der Waals surface area contributed by atoms with Crippen LogP contribution in [0.15, 0.2) is 12.7 Å². The van der Waals surface area contributed by atoms with E-state index in [0.29, 0.717) is 18.4 Å². The Kier molecular flexibility index (Phi) is 11.1. The third kappa shape index (κ3) is 26.7. The largest absolute Gasteiger partial charge is 0.312 e. The van der Waals surface area contributed by atoms with Crippen molar-refractivity contribution in [2.45, 2.75) is 39.8 Å². The smallest absolute Gasteiger partial charge is 0.142 e. The predicted molar refractivity (Wildman–Crippen MR) is 49.7 cm³/mol. The van der Waals surface area contributed by atoms with Crippen LogP contribution >= 0.6 is 0 Å². The number of hydrogen-bond acceptors (Lipinski definition) is 2. The number of nitrogens with one attached hydrogen (secondary N) is 1. The van der Waals surface area contributed by atoms with E-state index in [9.17, 15) is 0 Å². The lowest BCUT2D eigenvalue weighted by Crippen LogP contribution is -2.29. The SMILES string of the molecule is C=CC=O.CC(C)NC(C)C. The van der Waals surface area contributed by atoms with Crippen LogP contribution in [0, 0.1) is 0 Å². The molecule has 0 aliphatic heterocycles. The Balaban J connectivity index is 0. The minimum atomic E-state index is 0.625. The van der Waals surface area contributed by atoms with E-state index in [1.54, 1.807) is 0 Å². The molecule has 0 radical (unpaired) electrons. The van der Waals surface area contributed by atoms with Crippen LogP contribution in [0.25, 0.3) is 0 Å². The van der Waals surface area contributed by atoms with Crippen molar-refractivity contribution in [3.05, 3.63) is 12.7 Å². The van der Waals surface area contributed by atoms with Crippen LogP contribution in [0.4, 0.5) is 0 Å². The monoisotopic (exact) mass is 157 g/mol. The molecule has 1 N–H and O–H groups in total. The van der Waals surface area contributed by atoms with Gasteiger partial charge in [0.2, 0.25) is 0 Å². The van der Waals surface area contributed by atoms with Crippen molar-refractivity contribution in [1.82, 2.24) is 5.32 Å². The van der Waals surface area contributed by atoms with Gasteiger partial charge in [-0.25, -0.2) is 0 Å². The zero-order valence-corrected chi connectivity index (χ0v) is 7.92.